The van der Waals surface area contributed by atoms with Gasteiger partial charge in [0.25, 0.3) is 5.91 Å². The van der Waals surface area contributed by atoms with Gasteiger partial charge in [-0.1, -0.05) is 6.92 Å². The van der Waals surface area contributed by atoms with Crippen molar-refractivity contribution in [2.75, 3.05) is 19.8 Å². The zero-order valence-electron chi connectivity index (χ0n) is 11.5. The van der Waals surface area contributed by atoms with E-state index in [-0.39, 0.29) is 17.2 Å². The molecule has 6 heteroatoms. The fraction of sp³-hybridized carbons (Fsp3) is 0.571. The maximum Gasteiger partial charge on any atom is 0.339 e. The molecule has 1 aromatic rings. The molecule has 1 unspecified atom stereocenters. The van der Waals surface area contributed by atoms with Crippen molar-refractivity contribution >= 4 is 11.9 Å². The first-order chi connectivity index (χ1) is 9.61. The number of aryl methyl sites for hydroxylation is 1. The number of aromatic carboxylic acids is 1. The Labute approximate surface area is 117 Å². The lowest BCUT2D eigenvalue weighted by Gasteiger charge is -2.21. The van der Waals surface area contributed by atoms with E-state index in [1.165, 1.54) is 6.07 Å². The molecule has 2 rings (SSSR count). The topological polar surface area (TPSA) is 88.8 Å². The average Bonchev–Trinajstić information content (AvgIpc) is 2.90. The Morgan fingerprint density at radius 2 is 2.30 bits per heavy atom. The molecule has 1 aliphatic rings. The van der Waals surface area contributed by atoms with Crippen molar-refractivity contribution in [3.05, 3.63) is 23.2 Å². The number of carbonyl (C=O) groups excluding carboxylic acids is 1. The van der Waals surface area contributed by atoms with Crippen LogP contribution in [0.4, 0.5) is 0 Å². The second-order valence-electron chi connectivity index (χ2n) is 4.90. The predicted octanol–water partition coefficient (Wildman–Crippen LogP) is 1.70. The minimum Gasteiger partial charge on any atom is -0.478 e. The number of amides is 1. The predicted molar refractivity (Wildman–Crippen MR) is 70.9 cm³/mol. The number of rotatable bonds is 5. The van der Waals surface area contributed by atoms with E-state index in [4.69, 9.17) is 14.3 Å². The van der Waals surface area contributed by atoms with Crippen LogP contribution in [0.3, 0.4) is 0 Å². The zero-order valence-corrected chi connectivity index (χ0v) is 11.5. The van der Waals surface area contributed by atoms with Gasteiger partial charge in [-0.25, -0.2) is 4.79 Å². The summed E-state index contributed by atoms with van der Waals surface area (Å²) in [5, 5.41) is 11.8. The van der Waals surface area contributed by atoms with Gasteiger partial charge >= 0.3 is 5.97 Å². The highest BCUT2D eigenvalue weighted by Crippen LogP contribution is 2.17. The number of carboxylic acids is 1. The second kappa shape index (κ2) is 6.56. The molecule has 0 bridgehead atoms. The summed E-state index contributed by atoms with van der Waals surface area (Å²) in [6.07, 6.45) is 2.47. The molecule has 0 radical (unpaired) electrons. The summed E-state index contributed by atoms with van der Waals surface area (Å²) in [5.74, 6) is -0.769. The summed E-state index contributed by atoms with van der Waals surface area (Å²) >= 11 is 0. The first-order valence-electron chi connectivity index (χ1n) is 6.83. The molecule has 1 aliphatic heterocycles. The summed E-state index contributed by atoms with van der Waals surface area (Å²) < 4.78 is 10.6. The molecule has 1 aromatic heterocycles. The lowest BCUT2D eigenvalue weighted by Crippen LogP contribution is -2.33. The van der Waals surface area contributed by atoms with E-state index in [2.05, 4.69) is 5.32 Å². The molecule has 20 heavy (non-hydrogen) atoms. The van der Waals surface area contributed by atoms with Crippen LogP contribution in [0.25, 0.3) is 0 Å². The lowest BCUT2D eigenvalue weighted by atomic mass is 10.0. The maximum absolute atomic E-state index is 12.0. The van der Waals surface area contributed by atoms with Gasteiger partial charge in [0.1, 0.15) is 11.3 Å². The van der Waals surface area contributed by atoms with Crippen molar-refractivity contribution in [2.24, 2.45) is 5.92 Å². The number of hydrogen-bond donors (Lipinski definition) is 2. The van der Waals surface area contributed by atoms with Gasteiger partial charge in [-0.05, 0) is 18.8 Å². The van der Waals surface area contributed by atoms with Gasteiger partial charge in [-0.3, -0.25) is 4.79 Å². The molecule has 1 saturated heterocycles. The number of hydrogen-bond acceptors (Lipinski definition) is 4. The highest BCUT2D eigenvalue weighted by Gasteiger charge is 2.21. The van der Waals surface area contributed by atoms with Crippen LogP contribution >= 0.6 is 0 Å². The van der Waals surface area contributed by atoms with Crippen LogP contribution in [0.15, 0.2) is 10.5 Å². The molecule has 0 saturated carbocycles. The van der Waals surface area contributed by atoms with Crippen molar-refractivity contribution in [3.63, 3.8) is 0 Å². The van der Waals surface area contributed by atoms with Gasteiger partial charge < -0.3 is 19.6 Å². The lowest BCUT2D eigenvalue weighted by molar-refractivity contribution is 0.0533. The van der Waals surface area contributed by atoms with Gasteiger partial charge in [-0.2, -0.15) is 0 Å². The van der Waals surface area contributed by atoms with E-state index < -0.39 is 5.97 Å². The maximum atomic E-state index is 12.0. The van der Waals surface area contributed by atoms with Crippen molar-refractivity contribution in [3.8, 4) is 0 Å². The third-order valence-electron chi connectivity index (χ3n) is 3.39. The zero-order chi connectivity index (χ0) is 14.5. The summed E-state index contributed by atoms with van der Waals surface area (Å²) in [6.45, 7) is 3.74. The quantitative estimate of drug-likeness (QED) is 0.857. The SMILES string of the molecule is CCc1oc(C(=O)NCC2CCCOC2)cc1C(=O)O. The molecule has 6 nitrogen and oxygen atoms in total. The Kier molecular flexibility index (Phi) is 4.79. The molecule has 1 amide bonds. The molecule has 110 valence electrons. The first-order valence-corrected chi connectivity index (χ1v) is 6.83. The van der Waals surface area contributed by atoms with Gasteiger partial charge in [0.05, 0.1) is 6.61 Å². The van der Waals surface area contributed by atoms with Gasteiger partial charge in [0.2, 0.25) is 0 Å². The largest absolute Gasteiger partial charge is 0.478 e. The van der Waals surface area contributed by atoms with Crippen LogP contribution in [-0.4, -0.2) is 36.7 Å². The standard InChI is InChI=1S/C14H19NO5/c1-2-11-10(14(17)18)6-12(20-11)13(16)15-7-9-4-3-5-19-8-9/h6,9H,2-5,7-8H2,1H3,(H,15,16)(H,17,18). The molecule has 2 heterocycles. The molecular formula is C14H19NO5. The number of carbonyl (C=O) groups is 2. The molecule has 0 aliphatic carbocycles. The molecular weight excluding hydrogens is 262 g/mol. The van der Waals surface area contributed by atoms with Crippen LogP contribution in [0, 0.1) is 5.92 Å². The molecule has 1 fully saturated rings. The van der Waals surface area contributed by atoms with Crippen LogP contribution < -0.4 is 5.32 Å². The van der Waals surface area contributed by atoms with E-state index in [9.17, 15) is 9.59 Å². The van der Waals surface area contributed by atoms with Crippen molar-refractivity contribution in [1.29, 1.82) is 0 Å². The van der Waals surface area contributed by atoms with E-state index in [0.717, 1.165) is 19.4 Å². The van der Waals surface area contributed by atoms with Crippen molar-refractivity contribution in [1.82, 2.24) is 5.32 Å². The van der Waals surface area contributed by atoms with Crippen LogP contribution in [0.1, 0.15) is 46.4 Å². The first kappa shape index (κ1) is 14.6. The monoisotopic (exact) mass is 281 g/mol. The Morgan fingerprint density at radius 1 is 1.50 bits per heavy atom. The number of carboxylic acid groups (broad SMARTS) is 1. The van der Waals surface area contributed by atoms with Gasteiger partial charge in [0.15, 0.2) is 5.76 Å². The number of nitrogens with one attached hydrogen (secondary N) is 1. The van der Waals surface area contributed by atoms with E-state index in [1.54, 1.807) is 6.92 Å². The van der Waals surface area contributed by atoms with Crippen LogP contribution in [0.5, 0.6) is 0 Å². The molecule has 1 atom stereocenters. The third-order valence-corrected chi connectivity index (χ3v) is 3.39. The molecule has 0 spiro atoms. The number of furan rings is 1. The Bertz CT molecular complexity index is 488. The van der Waals surface area contributed by atoms with Crippen LogP contribution in [0.2, 0.25) is 0 Å². The van der Waals surface area contributed by atoms with Crippen molar-refractivity contribution in [2.45, 2.75) is 26.2 Å². The Balaban J connectivity index is 1.96. The van der Waals surface area contributed by atoms with Crippen molar-refractivity contribution < 1.29 is 23.8 Å². The highest BCUT2D eigenvalue weighted by molar-refractivity contribution is 5.96. The third kappa shape index (κ3) is 3.39. The minimum atomic E-state index is -1.08. The summed E-state index contributed by atoms with van der Waals surface area (Å²) in [4.78, 5) is 23.0. The summed E-state index contributed by atoms with van der Waals surface area (Å²) in [5.41, 5.74) is 0.0543. The Hall–Kier alpha value is -1.82. The molecule has 0 aromatic carbocycles. The van der Waals surface area contributed by atoms with E-state index >= 15 is 0 Å². The van der Waals surface area contributed by atoms with Gasteiger partial charge in [-0.15, -0.1) is 0 Å². The molecule has 2 N–H and O–H groups in total. The fourth-order valence-corrected chi connectivity index (χ4v) is 2.28. The second-order valence-corrected chi connectivity index (χ2v) is 4.90. The summed E-state index contributed by atoms with van der Waals surface area (Å²) in [7, 11) is 0. The smallest absolute Gasteiger partial charge is 0.339 e. The number of ether oxygens (including phenoxy) is 1. The fourth-order valence-electron chi connectivity index (χ4n) is 2.28. The normalized spacial score (nSPS) is 18.8. The highest BCUT2D eigenvalue weighted by atomic mass is 16.5. The Morgan fingerprint density at radius 3 is 2.85 bits per heavy atom. The average molecular weight is 281 g/mol. The minimum absolute atomic E-state index is 0.0518. The summed E-state index contributed by atoms with van der Waals surface area (Å²) in [6, 6.07) is 1.29. The van der Waals surface area contributed by atoms with E-state index in [0.29, 0.717) is 31.3 Å². The van der Waals surface area contributed by atoms with Crippen LogP contribution in [-0.2, 0) is 11.2 Å². The van der Waals surface area contributed by atoms with E-state index in [1.807, 2.05) is 0 Å². The van der Waals surface area contributed by atoms with Gasteiger partial charge in [0, 0.05) is 25.6 Å².